The van der Waals surface area contributed by atoms with Gasteiger partial charge in [-0.25, -0.2) is 4.79 Å². The molecule has 0 aliphatic carbocycles. The molecule has 5 atom stereocenters. The number of hydrogen-bond donors (Lipinski definition) is 7. The van der Waals surface area contributed by atoms with Crippen LogP contribution in [-0.2, 0) is 28.8 Å². The van der Waals surface area contributed by atoms with E-state index in [9.17, 15) is 28.8 Å². The van der Waals surface area contributed by atoms with Gasteiger partial charge in [-0.15, -0.1) is 0 Å². The van der Waals surface area contributed by atoms with E-state index in [-0.39, 0.29) is 12.8 Å². The molecule has 0 rings (SSSR count). The van der Waals surface area contributed by atoms with Gasteiger partial charge in [0.15, 0.2) is 0 Å². The van der Waals surface area contributed by atoms with E-state index < -0.39 is 78.1 Å². The fourth-order valence-electron chi connectivity index (χ4n) is 2.79. The molecule has 33 heavy (non-hydrogen) atoms. The molecule has 0 radical (unpaired) electrons. The molecule has 0 bridgehead atoms. The molecule has 0 aromatic rings. The second kappa shape index (κ2) is 14.0. The molecule has 3 amide bonds. The second-order valence-corrected chi connectivity index (χ2v) is 8.14. The van der Waals surface area contributed by atoms with Gasteiger partial charge in [0.1, 0.15) is 18.1 Å². The highest BCUT2D eigenvalue weighted by molar-refractivity contribution is 5.95. The molecule has 0 saturated carbocycles. The number of nitrogens with one attached hydrogen (secondary N) is 3. The van der Waals surface area contributed by atoms with E-state index in [2.05, 4.69) is 16.0 Å². The van der Waals surface area contributed by atoms with Gasteiger partial charge in [0.05, 0.1) is 12.5 Å². The summed E-state index contributed by atoms with van der Waals surface area (Å²) in [5.74, 6) is -7.30. The number of carboxylic acid groups (broad SMARTS) is 3. The molecule has 13 nitrogen and oxygen atoms in total. The summed E-state index contributed by atoms with van der Waals surface area (Å²) in [6.45, 7) is 6.66. The highest BCUT2D eigenvalue weighted by Gasteiger charge is 2.34. The SMILES string of the molecule is CCC(C)C(NC(=O)C(NC(=O)C(N)CCC(=O)O)C(C)C)C(=O)NC(CC(=O)O)C(=O)O. The van der Waals surface area contributed by atoms with Crippen LogP contribution in [0.4, 0.5) is 0 Å². The molecule has 8 N–H and O–H groups in total. The van der Waals surface area contributed by atoms with Crippen LogP contribution in [0.1, 0.15) is 53.4 Å². The molecule has 0 aliphatic rings. The van der Waals surface area contributed by atoms with Crippen molar-refractivity contribution in [2.45, 2.75) is 77.5 Å². The quantitative estimate of drug-likeness (QED) is 0.151. The molecule has 0 fully saturated rings. The number of nitrogens with two attached hydrogens (primary N) is 1. The van der Waals surface area contributed by atoms with Gasteiger partial charge in [0.25, 0.3) is 0 Å². The third kappa shape index (κ3) is 10.8. The molecule has 0 aromatic carbocycles. The Morgan fingerprint density at radius 1 is 0.788 bits per heavy atom. The molecule has 5 unspecified atom stereocenters. The van der Waals surface area contributed by atoms with E-state index in [1.54, 1.807) is 27.7 Å². The van der Waals surface area contributed by atoms with Gasteiger partial charge >= 0.3 is 17.9 Å². The van der Waals surface area contributed by atoms with Gasteiger partial charge in [-0.2, -0.15) is 0 Å². The van der Waals surface area contributed by atoms with Crippen LogP contribution >= 0.6 is 0 Å². The summed E-state index contributed by atoms with van der Waals surface area (Å²) < 4.78 is 0. The largest absolute Gasteiger partial charge is 0.481 e. The lowest BCUT2D eigenvalue weighted by Gasteiger charge is -2.29. The first-order valence-corrected chi connectivity index (χ1v) is 10.5. The normalized spacial score (nSPS) is 15.5. The van der Waals surface area contributed by atoms with Crippen molar-refractivity contribution < 1.29 is 44.1 Å². The monoisotopic (exact) mass is 474 g/mol. The minimum absolute atomic E-state index is 0.133. The Morgan fingerprint density at radius 3 is 1.73 bits per heavy atom. The predicted molar refractivity (Wildman–Crippen MR) is 115 cm³/mol. The lowest BCUT2D eigenvalue weighted by Crippen LogP contribution is -2.59. The third-order valence-corrected chi connectivity index (χ3v) is 5.04. The maximum Gasteiger partial charge on any atom is 0.326 e. The molecular formula is C20H34N4O9. The summed E-state index contributed by atoms with van der Waals surface area (Å²) in [5, 5.41) is 33.8. The highest BCUT2D eigenvalue weighted by Crippen LogP contribution is 2.11. The lowest BCUT2D eigenvalue weighted by molar-refractivity contribution is -0.147. The number of amides is 3. The lowest BCUT2D eigenvalue weighted by atomic mass is 9.96. The predicted octanol–water partition coefficient (Wildman–Crippen LogP) is -1.11. The van der Waals surface area contributed by atoms with Crippen LogP contribution in [0.3, 0.4) is 0 Å². The van der Waals surface area contributed by atoms with E-state index in [4.69, 9.17) is 21.1 Å². The average molecular weight is 475 g/mol. The van der Waals surface area contributed by atoms with Gasteiger partial charge in [0.2, 0.25) is 17.7 Å². The molecule has 0 heterocycles. The average Bonchev–Trinajstić information content (AvgIpc) is 2.71. The fraction of sp³-hybridized carbons (Fsp3) is 0.700. The number of rotatable bonds is 15. The van der Waals surface area contributed by atoms with Crippen molar-refractivity contribution in [3.8, 4) is 0 Å². The van der Waals surface area contributed by atoms with Crippen LogP contribution in [0.5, 0.6) is 0 Å². The van der Waals surface area contributed by atoms with Crippen molar-refractivity contribution in [1.29, 1.82) is 0 Å². The molecule has 0 aliphatic heterocycles. The zero-order chi connectivity index (χ0) is 25.9. The standard InChI is InChI=1S/C20H34N4O9/c1-5-10(4)16(19(31)22-12(20(32)33)8-14(27)28)24-18(30)15(9(2)3)23-17(29)11(21)6-7-13(25)26/h9-12,15-16H,5-8,21H2,1-4H3,(H,22,31)(H,23,29)(H,24,30)(H,25,26)(H,27,28)(H,32,33). The first-order valence-electron chi connectivity index (χ1n) is 10.5. The fourth-order valence-corrected chi connectivity index (χ4v) is 2.79. The Hall–Kier alpha value is -3.22. The summed E-state index contributed by atoms with van der Waals surface area (Å²) in [6, 6.07) is -5.15. The van der Waals surface area contributed by atoms with Crippen LogP contribution < -0.4 is 21.7 Å². The smallest absolute Gasteiger partial charge is 0.326 e. The molecule has 188 valence electrons. The number of carbonyl (C=O) groups is 6. The van der Waals surface area contributed by atoms with Crippen LogP contribution in [0, 0.1) is 11.8 Å². The summed E-state index contributed by atoms with van der Waals surface area (Å²) in [7, 11) is 0. The Kier molecular flexibility index (Phi) is 12.7. The molecule has 0 saturated heterocycles. The van der Waals surface area contributed by atoms with E-state index >= 15 is 0 Å². The topological polar surface area (TPSA) is 225 Å². The highest BCUT2D eigenvalue weighted by atomic mass is 16.4. The number of aliphatic carboxylic acids is 3. The first-order chi connectivity index (χ1) is 15.2. The van der Waals surface area contributed by atoms with E-state index in [1.807, 2.05) is 0 Å². The zero-order valence-electron chi connectivity index (χ0n) is 19.2. The number of hydrogen-bond acceptors (Lipinski definition) is 7. The molecule has 0 aromatic heterocycles. The van der Waals surface area contributed by atoms with Gasteiger partial charge in [0, 0.05) is 6.42 Å². The maximum absolute atomic E-state index is 12.9. The van der Waals surface area contributed by atoms with Gasteiger partial charge in [-0.1, -0.05) is 34.1 Å². The summed E-state index contributed by atoms with van der Waals surface area (Å²) in [6.07, 6.45) is -0.884. The van der Waals surface area contributed by atoms with Gasteiger partial charge in [-0.05, 0) is 18.3 Å². The van der Waals surface area contributed by atoms with Crippen molar-refractivity contribution in [3.63, 3.8) is 0 Å². The first kappa shape index (κ1) is 29.8. The van der Waals surface area contributed by atoms with Gasteiger partial charge < -0.3 is 37.0 Å². The van der Waals surface area contributed by atoms with Crippen molar-refractivity contribution in [1.82, 2.24) is 16.0 Å². The maximum atomic E-state index is 12.9. The summed E-state index contributed by atoms with van der Waals surface area (Å²) in [5.41, 5.74) is 5.68. The van der Waals surface area contributed by atoms with E-state index in [0.717, 1.165) is 0 Å². The van der Waals surface area contributed by atoms with Crippen LogP contribution in [-0.4, -0.2) is 75.1 Å². The minimum Gasteiger partial charge on any atom is -0.481 e. The number of carboxylic acids is 3. The molecular weight excluding hydrogens is 440 g/mol. The second-order valence-electron chi connectivity index (χ2n) is 8.14. The molecule has 13 heteroatoms. The van der Waals surface area contributed by atoms with E-state index in [0.29, 0.717) is 6.42 Å². The van der Waals surface area contributed by atoms with Crippen LogP contribution in [0.15, 0.2) is 0 Å². The van der Waals surface area contributed by atoms with Crippen molar-refractivity contribution in [2.24, 2.45) is 17.6 Å². The van der Waals surface area contributed by atoms with Gasteiger partial charge in [-0.3, -0.25) is 24.0 Å². The van der Waals surface area contributed by atoms with E-state index in [1.165, 1.54) is 0 Å². The number of carbonyl (C=O) groups excluding carboxylic acids is 3. The summed E-state index contributed by atoms with van der Waals surface area (Å²) >= 11 is 0. The van der Waals surface area contributed by atoms with Crippen molar-refractivity contribution in [2.75, 3.05) is 0 Å². The Morgan fingerprint density at radius 2 is 1.30 bits per heavy atom. The zero-order valence-corrected chi connectivity index (χ0v) is 19.2. The van der Waals surface area contributed by atoms with Crippen molar-refractivity contribution in [3.05, 3.63) is 0 Å². The Labute approximate surface area is 191 Å². The van der Waals surface area contributed by atoms with Crippen molar-refractivity contribution >= 4 is 35.6 Å². The van der Waals surface area contributed by atoms with Crippen LogP contribution in [0.25, 0.3) is 0 Å². The minimum atomic E-state index is -1.69. The van der Waals surface area contributed by atoms with Crippen LogP contribution in [0.2, 0.25) is 0 Å². The Balaban J connectivity index is 5.47. The Bertz CT molecular complexity index is 741. The molecule has 0 spiro atoms. The summed E-state index contributed by atoms with van der Waals surface area (Å²) in [4.78, 5) is 70.7. The third-order valence-electron chi connectivity index (χ3n) is 5.04.